The van der Waals surface area contributed by atoms with Crippen LogP contribution < -0.4 is 0 Å². The lowest BCUT2D eigenvalue weighted by Crippen LogP contribution is -2.18. The molecule has 0 aliphatic heterocycles. The third kappa shape index (κ3) is 2.19. The van der Waals surface area contributed by atoms with Crippen LogP contribution in [0.25, 0.3) is 0 Å². The minimum absolute atomic E-state index is 0.135. The molecule has 0 radical (unpaired) electrons. The second-order valence-corrected chi connectivity index (χ2v) is 5.82. The summed E-state index contributed by atoms with van der Waals surface area (Å²) in [5.41, 5.74) is 1.80. The van der Waals surface area contributed by atoms with Crippen LogP contribution in [0.1, 0.15) is 50.8 Å². The molecule has 1 fully saturated rings. The van der Waals surface area contributed by atoms with Gasteiger partial charge in [-0.25, -0.2) is 4.98 Å². The summed E-state index contributed by atoms with van der Waals surface area (Å²) in [6.07, 6.45) is 1.68. The molecule has 1 aromatic rings. The summed E-state index contributed by atoms with van der Waals surface area (Å²) >= 11 is 3.34. The lowest BCUT2D eigenvalue weighted by Gasteiger charge is -2.21. The Hall–Kier alpha value is -0.510. The zero-order chi connectivity index (χ0) is 11.2. The molecule has 0 atom stereocenters. The molecule has 15 heavy (non-hydrogen) atoms. The Morgan fingerprint density at radius 3 is 2.33 bits per heavy atom. The maximum Gasteiger partial charge on any atom is 0.309 e. The standard InChI is InChI=1S/C11H14BrFN2/c1-11(2,3)8-7(6-4-5-6)9(12)15-10(13)14-8/h6H,4-5H2,1-3H3. The average molecular weight is 273 g/mol. The van der Waals surface area contributed by atoms with Gasteiger partial charge in [0.1, 0.15) is 4.60 Å². The number of nitrogens with zero attached hydrogens (tertiary/aromatic N) is 2. The minimum atomic E-state index is -0.642. The largest absolute Gasteiger partial charge is 0.309 e. The molecular weight excluding hydrogens is 259 g/mol. The van der Waals surface area contributed by atoms with Gasteiger partial charge in [-0.1, -0.05) is 20.8 Å². The first kappa shape index (κ1) is 11.0. The summed E-state index contributed by atoms with van der Waals surface area (Å²) in [6.45, 7) is 6.15. The highest BCUT2D eigenvalue weighted by molar-refractivity contribution is 9.10. The van der Waals surface area contributed by atoms with Crippen LogP contribution in [0.2, 0.25) is 0 Å². The molecule has 1 aromatic heterocycles. The van der Waals surface area contributed by atoms with Crippen LogP contribution in [-0.4, -0.2) is 9.97 Å². The van der Waals surface area contributed by atoms with Crippen molar-refractivity contribution in [3.05, 3.63) is 21.9 Å². The van der Waals surface area contributed by atoms with Crippen LogP contribution in [0.5, 0.6) is 0 Å². The molecule has 1 aliphatic rings. The number of aromatic nitrogens is 2. The van der Waals surface area contributed by atoms with E-state index in [1.165, 1.54) is 0 Å². The van der Waals surface area contributed by atoms with Gasteiger partial charge in [0.25, 0.3) is 0 Å². The zero-order valence-corrected chi connectivity index (χ0v) is 10.7. The van der Waals surface area contributed by atoms with Crippen LogP contribution in [0.4, 0.5) is 4.39 Å². The molecule has 1 aliphatic carbocycles. The van der Waals surface area contributed by atoms with Crippen LogP contribution in [0, 0.1) is 6.08 Å². The Morgan fingerprint density at radius 1 is 1.27 bits per heavy atom. The molecule has 2 rings (SSSR count). The van der Waals surface area contributed by atoms with E-state index in [0.717, 1.165) is 24.1 Å². The average Bonchev–Trinajstić information content (AvgIpc) is 2.84. The van der Waals surface area contributed by atoms with E-state index >= 15 is 0 Å². The Morgan fingerprint density at radius 2 is 1.87 bits per heavy atom. The van der Waals surface area contributed by atoms with E-state index in [1.54, 1.807) is 0 Å². The van der Waals surface area contributed by atoms with Crippen molar-refractivity contribution < 1.29 is 4.39 Å². The first-order chi connectivity index (χ1) is 6.89. The van der Waals surface area contributed by atoms with Gasteiger partial charge in [-0.2, -0.15) is 9.37 Å². The van der Waals surface area contributed by atoms with Gasteiger partial charge in [0.15, 0.2) is 0 Å². The lowest BCUT2D eigenvalue weighted by atomic mass is 9.87. The van der Waals surface area contributed by atoms with E-state index < -0.39 is 6.08 Å². The fourth-order valence-electron chi connectivity index (χ4n) is 1.72. The zero-order valence-electron chi connectivity index (χ0n) is 9.14. The molecule has 0 saturated heterocycles. The monoisotopic (exact) mass is 272 g/mol. The topological polar surface area (TPSA) is 25.8 Å². The molecule has 2 nitrogen and oxygen atoms in total. The van der Waals surface area contributed by atoms with E-state index in [4.69, 9.17) is 0 Å². The second kappa shape index (κ2) is 3.51. The van der Waals surface area contributed by atoms with Gasteiger partial charge >= 0.3 is 6.08 Å². The minimum Gasteiger partial charge on any atom is -0.206 e. The summed E-state index contributed by atoms with van der Waals surface area (Å²) in [5.74, 6) is 0.522. The van der Waals surface area contributed by atoms with E-state index in [2.05, 4.69) is 25.9 Å². The van der Waals surface area contributed by atoms with E-state index in [-0.39, 0.29) is 5.41 Å². The van der Waals surface area contributed by atoms with Crippen molar-refractivity contribution in [1.29, 1.82) is 0 Å². The van der Waals surface area contributed by atoms with E-state index in [1.807, 2.05) is 20.8 Å². The van der Waals surface area contributed by atoms with Crippen LogP contribution in [0.3, 0.4) is 0 Å². The maximum absolute atomic E-state index is 13.2. The molecule has 4 heteroatoms. The van der Waals surface area contributed by atoms with Crippen molar-refractivity contribution in [2.24, 2.45) is 0 Å². The molecular formula is C11H14BrFN2. The van der Waals surface area contributed by atoms with Gasteiger partial charge in [0.05, 0.1) is 5.69 Å². The van der Waals surface area contributed by atoms with Gasteiger partial charge in [0, 0.05) is 11.0 Å². The summed E-state index contributed by atoms with van der Waals surface area (Å²) in [5, 5.41) is 0. The molecule has 0 amide bonds. The molecule has 0 aromatic carbocycles. The fraction of sp³-hybridized carbons (Fsp3) is 0.636. The van der Waals surface area contributed by atoms with Crippen molar-refractivity contribution in [2.75, 3.05) is 0 Å². The predicted octanol–water partition coefficient (Wildman–Crippen LogP) is 3.55. The molecule has 0 N–H and O–H groups in total. The Balaban J connectivity index is 2.59. The van der Waals surface area contributed by atoms with Crippen molar-refractivity contribution in [3.8, 4) is 0 Å². The molecule has 0 unspecified atom stereocenters. The first-order valence-electron chi connectivity index (χ1n) is 5.13. The van der Waals surface area contributed by atoms with Crippen LogP contribution >= 0.6 is 15.9 Å². The third-order valence-corrected chi connectivity index (χ3v) is 3.17. The summed E-state index contributed by atoms with van der Waals surface area (Å²) in [7, 11) is 0. The summed E-state index contributed by atoms with van der Waals surface area (Å²) < 4.78 is 13.8. The highest BCUT2D eigenvalue weighted by Gasteiger charge is 2.34. The molecule has 1 heterocycles. The normalized spacial score (nSPS) is 16.9. The fourth-order valence-corrected chi connectivity index (χ4v) is 2.38. The molecule has 1 saturated carbocycles. The number of hydrogen-bond donors (Lipinski definition) is 0. The Labute approximate surface area is 97.5 Å². The molecule has 0 spiro atoms. The highest BCUT2D eigenvalue weighted by atomic mass is 79.9. The summed E-state index contributed by atoms with van der Waals surface area (Å²) in [4.78, 5) is 7.71. The van der Waals surface area contributed by atoms with Crippen LogP contribution in [0.15, 0.2) is 4.60 Å². The van der Waals surface area contributed by atoms with Gasteiger partial charge in [-0.05, 0) is 34.7 Å². The predicted molar refractivity (Wildman–Crippen MR) is 60.4 cm³/mol. The second-order valence-electron chi connectivity index (χ2n) is 5.07. The number of halogens is 2. The van der Waals surface area contributed by atoms with Gasteiger partial charge in [-0.3, -0.25) is 0 Å². The maximum atomic E-state index is 13.2. The smallest absolute Gasteiger partial charge is 0.206 e. The van der Waals surface area contributed by atoms with E-state index in [9.17, 15) is 4.39 Å². The number of hydrogen-bond acceptors (Lipinski definition) is 2. The number of rotatable bonds is 1. The third-order valence-electron chi connectivity index (χ3n) is 2.57. The Kier molecular flexibility index (Phi) is 2.57. The van der Waals surface area contributed by atoms with Crippen molar-refractivity contribution in [1.82, 2.24) is 9.97 Å². The lowest BCUT2D eigenvalue weighted by molar-refractivity contribution is 0.487. The van der Waals surface area contributed by atoms with Crippen molar-refractivity contribution in [3.63, 3.8) is 0 Å². The SMILES string of the molecule is CC(C)(C)c1nc(F)nc(Br)c1C1CC1. The summed E-state index contributed by atoms with van der Waals surface area (Å²) in [6, 6.07) is 0. The first-order valence-corrected chi connectivity index (χ1v) is 5.92. The van der Waals surface area contributed by atoms with Gasteiger partial charge in [-0.15, -0.1) is 0 Å². The van der Waals surface area contributed by atoms with Crippen molar-refractivity contribution in [2.45, 2.75) is 44.9 Å². The highest BCUT2D eigenvalue weighted by Crippen LogP contribution is 2.46. The van der Waals surface area contributed by atoms with Crippen molar-refractivity contribution >= 4 is 15.9 Å². The van der Waals surface area contributed by atoms with Gasteiger partial charge < -0.3 is 0 Å². The molecule has 0 bridgehead atoms. The quantitative estimate of drug-likeness (QED) is 0.577. The van der Waals surface area contributed by atoms with Gasteiger partial charge in [0.2, 0.25) is 0 Å². The van der Waals surface area contributed by atoms with Crippen LogP contribution in [-0.2, 0) is 5.41 Å². The molecule has 82 valence electrons. The van der Waals surface area contributed by atoms with E-state index in [0.29, 0.717) is 10.5 Å². The Bertz CT molecular complexity index is 394.